The van der Waals surface area contributed by atoms with Gasteiger partial charge < -0.3 is 16.9 Å². The summed E-state index contributed by atoms with van der Waals surface area (Å²) in [6, 6.07) is 0. The first kappa shape index (κ1) is 17.0. The van der Waals surface area contributed by atoms with Crippen LogP contribution in [-0.2, 0) is 35.0 Å². The topological polar surface area (TPSA) is 66.8 Å². The second-order valence-corrected chi connectivity index (χ2v) is 3.11. The third kappa shape index (κ3) is 15.9. The quantitative estimate of drug-likeness (QED) is 0.430. The van der Waals surface area contributed by atoms with Crippen molar-refractivity contribution in [2.45, 2.75) is 0 Å². The molecule has 0 atom stereocenters. The van der Waals surface area contributed by atoms with Gasteiger partial charge in [-0.05, 0) is 0 Å². The molecule has 0 spiro atoms. The van der Waals surface area contributed by atoms with E-state index >= 15 is 0 Å². The van der Waals surface area contributed by atoms with E-state index in [1.54, 1.807) is 0 Å². The molecule has 0 saturated heterocycles. The summed E-state index contributed by atoms with van der Waals surface area (Å²) >= 11 is 0. The Balaban J connectivity index is -0.0000000208. The fraction of sp³-hybridized carbons (Fsp3) is 0. The second-order valence-electron chi connectivity index (χ2n) is 0.673. The van der Waals surface area contributed by atoms with Gasteiger partial charge in [-0.3, -0.25) is 0 Å². The van der Waals surface area contributed by atoms with Crippen LogP contribution in [0.4, 0.5) is 0 Å². The van der Waals surface area contributed by atoms with Crippen LogP contribution in [0.25, 0.3) is 0 Å². The molecular formula is H7BaO4PSiZr. The van der Waals surface area contributed by atoms with Crippen LogP contribution in [0.5, 0.6) is 0 Å². The summed E-state index contributed by atoms with van der Waals surface area (Å²) in [5.41, 5.74) is 0. The zero-order valence-electron chi connectivity index (χ0n) is 6.37. The van der Waals surface area contributed by atoms with Crippen molar-refractivity contribution in [3.05, 3.63) is 0 Å². The average Bonchev–Trinajstić information content (AvgIpc) is 1.35. The van der Waals surface area contributed by atoms with E-state index in [0.29, 0.717) is 0 Å². The molecule has 0 heterocycles. The van der Waals surface area contributed by atoms with Crippen molar-refractivity contribution in [3.63, 3.8) is 0 Å². The third-order valence-electron chi connectivity index (χ3n) is 0.238. The number of hydrogen-bond donors (Lipinski definition) is 2. The van der Waals surface area contributed by atoms with Gasteiger partial charge in [-0.2, -0.15) is 0 Å². The van der Waals surface area contributed by atoms with Crippen LogP contribution < -0.4 is 0 Å². The average molecular weight is 359 g/mol. The summed E-state index contributed by atoms with van der Waals surface area (Å²) < 4.78 is 13.2. The molecule has 0 aromatic rings. The smallest absolute Gasteiger partial charge is 1.00 e. The Bertz CT molecular complexity index is 87.3. The fourth-order valence-corrected chi connectivity index (χ4v) is 0. The summed E-state index contributed by atoms with van der Waals surface area (Å²) in [6.45, 7) is 0. The molecule has 8 heavy (non-hydrogen) atoms. The van der Waals surface area contributed by atoms with Crippen molar-refractivity contribution in [3.8, 4) is 0 Å². The van der Waals surface area contributed by atoms with Crippen LogP contribution in [0.15, 0.2) is 0 Å². The van der Waals surface area contributed by atoms with E-state index in [0.717, 1.165) is 0 Å². The summed E-state index contributed by atoms with van der Waals surface area (Å²) in [5, 5.41) is 0. The van der Waals surface area contributed by atoms with Crippen molar-refractivity contribution < 1.29 is 47.6 Å². The molecule has 0 aromatic heterocycles. The Morgan fingerprint density at radius 1 is 1.62 bits per heavy atom. The molecule has 0 aromatic carbocycles. The zero-order chi connectivity index (χ0) is 5.21. The Morgan fingerprint density at radius 2 is 1.75 bits per heavy atom. The maximum Gasteiger partial charge on any atom is 2.00 e. The molecule has 0 radical (unpaired) electrons. The van der Waals surface area contributed by atoms with Crippen molar-refractivity contribution in [1.29, 1.82) is 0 Å². The molecule has 0 rings (SSSR count). The number of phosphoric acid groups is 1. The molecule has 0 amide bonds. The molecule has 0 unspecified atom stereocenters. The monoisotopic (exact) mass is 358 g/mol. The SMILES string of the molecule is O=P(O)(O)O[SiH3].[Ba+2].[H-].[H-].[Zr]. The molecule has 0 fully saturated rings. The summed E-state index contributed by atoms with van der Waals surface area (Å²) in [7, 11) is -4.00. The largest absolute Gasteiger partial charge is 2.00 e. The Labute approximate surface area is 113 Å². The van der Waals surface area contributed by atoms with Crippen molar-refractivity contribution in [2.24, 2.45) is 0 Å². The van der Waals surface area contributed by atoms with Crippen LogP contribution in [0, 0.1) is 0 Å². The third-order valence-corrected chi connectivity index (χ3v) is 2.14. The maximum atomic E-state index is 9.51. The molecule has 2 N–H and O–H groups in total. The summed E-state index contributed by atoms with van der Waals surface area (Å²) in [5.74, 6) is 0. The first-order valence-corrected chi connectivity index (χ1v) is 3.52. The van der Waals surface area contributed by atoms with Gasteiger partial charge in [-0.25, -0.2) is 4.57 Å². The molecular weight excluding hydrogens is 352 g/mol. The fourth-order valence-electron chi connectivity index (χ4n) is 0. The van der Waals surface area contributed by atoms with E-state index < -0.39 is 7.82 Å². The standard InChI is InChI=1S/Ba.H5O4PSi.Zr.2H/c;1-5(2,3)4-6;;;/h;6H3,(H2,1,2,3);;;/q+2;;;2*-1. The van der Waals surface area contributed by atoms with E-state index in [2.05, 4.69) is 4.21 Å². The Kier molecular flexibility index (Phi) is 16.8. The van der Waals surface area contributed by atoms with Crippen LogP contribution in [0.2, 0.25) is 0 Å². The van der Waals surface area contributed by atoms with Crippen LogP contribution >= 0.6 is 7.82 Å². The molecule has 0 aliphatic heterocycles. The molecule has 46 valence electrons. The minimum atomic E-state index is -4.08. The second kappa shape index (κ2) is 7.88. The van der Waals surface area contributed by atoms with E-state index in [1.165, 1.54) is 0 Å². The van der Waals surface area contributed by atoms with Gasteiger partial charge in [0.25, 0.3) is 0 Å². The molecule has 4 nitrogen and oxygen atoms in total. The predicted molar refractivity (Wildman–Crippen MR) is 31.0 cm³/mol. The molecule has 8 heteroatoms. The minimum Gasteiger partial charge on any atom is -1.00 e. The van der Waals surface area contributed by atoms with Gasteiger partial charge in [0.05, 0.1) is 0 Å². The molecule has 0 aliphatic rings. The molecule has 0 saturated carbocycles. The van der Waals surface area contributed by atoms with Gasteiger partial charge in [0.15, 0.2) is 10.5 Å². The van der Waals surface area contributed by atoms with Crippen molar-refractivity contribution >= 4 is 67.2 Å². The summed E-state index contributed by atoms with van der Waals surface area (Å²) in [4.78, 5) is 15.5. The maximum absolute atomic E-state index is 9.51. The van der Waals surface area contributed by atoms with Gasteiger partial charge >= 0.3 is 56.7 Å². The van der Waals surface area contributed by atoms with Gasteiger partial charge in [0.2, 0.25) is 0 Å². The van der Waals surface area contributed by atoms with Gasteiger partial charge in [0.1, 0.15) is 0 Å². The zero-order valence-corrected chi connectivity index (χ0v) is 14.2. The number of hydrogen-bond acceptors (Lipinski definition) is 2. The van der Waals surface area contributed by atoms with Gasteiger partial charge in [-0.1, -0.05) is 0 Å². The van der Waals surface area contributed by atoms with E-state index in [-0.39, 0.29) is 88.4 Å². The van der Waals surface area contributed by atoms with Crippen LogP contribution in [-0.4, -0.2) is 69.2 Å². The number of rotatable bonds is 1. The normalized spacial score (nSPS) is 9.25. The first-order chi connectivity index (χ1) is 2.56. The minimum absolute atomic E-state index is 0. The Hall–Kier alpha value is 2.78. The Morgan fingerprint density at radius 3 is 1.75 bits per heavy atom. The predicted octanol–water partition coefficient (Wildman–Crippen LogP) is -1.78. The van der Waals surface area contributed by atoms with Crippen LogP contribution in [0.1, 0.15) is 2.85 Å². The van der Waals surface area contributed by atoms with E-state index in [1.807, 2.05) is 0 Å². The van der Waals surface area contributed by atoms with Gasteiger partial charge in [0, 0.05) is 26.2 Å². The van der Waals surface area contributed by atoms with E-state index in [4.69, 9.17) is 9.79 Å². The molecule has 0 aliphatic carbocycles. The van der Waals surface area contributed by atoms with Crippen LogP contribution in [0.3, 0.4) is 0 Å². The first-order valence-electron chi connectivity index (χ1n) is 1.17. The summed E-state index contributed by atoms with van der Waals surface area (Å²) in [6.07, 6.45) is 0. The van der Waals surface area contributed by atoms with Crippen molar-refractivity contribution in [2.75, 3.05) is 0 Å². The molecule has 0 bridgehead atoms. The van der Waals surface area contributed by atoms with Crippen molar-refractivity contribution in [1.82, 2.24) is 0 Å². The van der Waals surface area contributed by atoms with Gasteiger partial charge in [-0.15, -0.1) is 0 Å². The van der Waals surface area contributed by atoms with E-state index in [9.17, 15) is 4.57 Å².